The number of hydrogen-bond acceptors (Lipinski definition) is 3. The molecule has 3 amide bonds. The predicted octanol–water partition coefficient (Wildman–Crippen LogP) is 1.24. The standard InChI is InChI=1S/C13H21N3O3/c1-10(2)12(17)14-6-4-7-15-13(18)16-9-11-5-3-8-19-11/h3,5,8,10H,4,6-7,9H2,1-2H3,(H,14,17)(H2,15,16,18). The Morgan fingerprint density at radius 3 is 2.58 bits per heavy atom. The molecule has 0 spiro atoms. The zero-order valence-electron chi connectivity index (χ0n) is 11.4. The maximum absolute atomic E-state index is 11.4. The number of rotatable bonds is 7. The van der Waals surface area contributed by atoms with E-state index in [0.717, 1.165) is 0 Å². The van der Waals surface area contributed by atoms with Gasteiger partial charge in [0.1, 0.15) is 5.76 Å². The number of carbonyl (C=O) groups is 2. The van der Waals surface area contributed by atoms with Crippen LogP contribution in [0.2, 0.25) is 0 Å². The van der Waals surface area contributed by atoms with E-state index in [1.165, 1.54) is 0 Å². The first kappa shape index (κ1) is 15.1. The van der Waals surface area contributed by atoms with Crippen LogP contribution in [0.4, 0.5) is 4.79 Å². The van der Waals surface area contributed by atoms with Crippen molar-refractivity contribution in [3.05, 3.63) is 24.2 Å². The van der Waals surface area contributed by atoms with Crippen molar-refractivity contribution in [1.29, 1.82) is 0 Å². The maximum atomic E-state index is 11.4. The van der Waals surface area contributed by atoms with Gasteiger partial charge in [-0.15, -0.1) is 0 Å². The Bertz CT molecular complexity index is 388. The molecule has 0 aliphatic heterocycles. The van der Waals surface area contributed by atoms with Crippen LogP contribution in [-0.2, 0) is 11.3 Å². The summed E-state index contributed by atoms with van der Waals surface area (Å²) in [7, 11) is 0. The lowest BCUT2D eigenvalue weighted by Crippen LogP contribution is -2.37. The van der Waals surface area contributed by atoms with Crippen LogP contribution >= 0.6 is 0 Å². The number of urea groups is 1. The van der Waals surface area contributed by atoms with E-state index in [-0.39, 0.29) is 17.9 Å². The van der Waals surface area contributed by atoms with Gasteiger partial charge < -0.3 is 20.4 Å². The lowest BCUT2D eigenvalue weighted by Gasteiger charge is -2.08. The van der Waals surface area contributed by atoms with Crippen molar-refractivity contribution in [2.75, 3.05) is 13.1 Å². The van der Waals surface area contributed by atoms with Gasteiger partial charge in [0, 0.05) is 19.0 Å². The van der Waals surface area contributed by atoms with E-state index in [2.05, 4.69) is 16.0 Å². The fraction of sp³-hybridized carbons (Fsp3) is 0.538. The summed E-state index contributed by atoms with van der Waals surface area (Å²) in [6, 6.07) is 3.32. The highest BCUT2D eigenvalue weighted by atomic mass is 16.3. The van der Waals surface area contributed by atoms with Gasteiger partial charge >= 0.3 is 6.03 Å². The van der Waals surface area contributed by atoms with E-state index in [4.69, 9.17) is 4.42 Å². The van der Waals surface area contributed by atoms with E-state index in [9.17, 15) is 9.59 Å². The lowest BCUT2D eigenvalue weighted by molar-refractivity contribution is -0.123. The normalized spacial score (nSPS) is 10.3. The smallest absolute Gasteiger partial charge is 0.315 e. The highest BCUT2D eigenvalue weighted by molar-refractivity contribution is 5.77. The van der Waals surface area contributed by atoms with Gasteiger partial charge in [0.25, 0.3) is 0 Å². The Kier molecular flexibility index (Phi) is 6.49. The van der Waals surface area contributed by atoms with Crippen LogP contribution in [0.5, 0.6) is 0 Å². The molecule has 106 valence electrons. The molecule has 0 aliphatic carbocycles. The molecule has 0 fully saturated rings. The number of hydrogen-bond donors (Lipinski definition) is 3. The monoisotopic (exact) mass is 267 g/mol. The molecule has 0 saturated heterocycles. The summed E-state index contributed by atoms with van der Waals surface area (Å²) in [5.74, 6) is 0.728. The largest absolute Gasteiger partial charge is 0.467 e. The fourth-order valence-electron chi connectivity index (χ4n) is 1.35. The van der Waals surface area contributed by atoms with Gasteiger partial charge in [-0.3, -0.25) is 4.79 Å². The Morgan fingerprint density at radius 2 is 1.95 bits per heavy atom. The molecule has 0 radical (unpaired) electrons. The van der Waals surface area contributed by atoms with Crippen molar-refractivity contribution >= 4 is 11.9 Å². The van der Waals surface area contributed by atoms with Crippen LogP contribution < -0.4 is 16.0 Å². The molecular weight excluding hydrogens is 246 g/mol. The minimum Gasteiger partial charge on any atom is -0.467 e. The molecule has 1 aromatic rings. The number of furan rings is 1. The third kappa shape index (κ3) is 6.49. The topological polar surface area (TPSA) is 83.4 Å². The van der Waals surface area contributed by atoms with Crippen LogP contribution in [-0.4, -0.2) is 25.0 Å². The van der Waals surface area contributed by atoms with Gasteiger partial charge in [0.15, 0.2) is 0 Å². The predicted molar refractivity (Wildman–Crippen MR) is 71.4 cm³/mol. The third-order valence-electron chi connectivity index (χ3n) is 2.47. The molecule has 1 heterocycles. The molecule has 1 aromatic heterocycles. The Morgan fingerprint density at radius 1 is 1.21 bits per heavy atom. The molecule has 0 aromatic carbocycles. The average Bonchev–Trinajstić information content (AvgIpc) is 2.88. The quantitative estimate of drug-likeness (QED) is 0.650. The Hall–Kier alpha value is -1.98. The molecule has 0 unspecified atom stereocenters. The molecule has 1 rings (SSSR count). The molecule has 6 heteroatoms. The number of nitrogens with one attached hydrogen (secondary N) is 3. The van der Waals surface area contributed by atoms with Gasteiger partial charge in [0.05, 0.1) is 12.8 Å². The fourth-order valence-corrected chi connectivity index (χ4v) is 1.35. The van der Waals surface area contributed by atoms with Crippen LogP contribution in [0, 0.1) is 5.92 Å². The zero-order valence-corrected chi connectivity index (χ0v) is 11.4. The molecule has 0 bridgehead atoms. The summed E-state index contributed by atoms with van der Waals surface area (Å²) in [5, 5.41) is 8.16. The second-order valence-corrected chi connectivity index (χ2v) is 4.49. The maximum Gasteiger partial charge on any atom is 0.315 e. The van der Waals surface area contributed by atoms with Gasteiger partial charge in [-0.05, 0) is 18.6 Å². The van der Waals surface area contributed by atoms with Crippen LogP contribution in [0.15, 0.2) is 22.8 Å². The van der Waals surface area contributed by atoms with Gasteiger partial charge in [-0.25, -0.2) is 4.79 Å². The molecule has 0 aliphatic rings. The van der Waals surface area contributed by atoms with Crippen LogP contribution in [0.3, 0.4) is 0 Å². The summed E-state index contributed by atoms with van der Waals surface area (Å²) < 4.78 is 5.09. The summed E-state index contributed by atoms with van der Waals surface area (Å²) >= 11 is 0. The van der Waals surface area contributed by atoms with Crippen molar-refractivity contribution in [2.45, 2.75) is 26.8 Å². The second kappa shape index (κ2) is 8.18. The highest BCUT2D eigenvalue weighted by Gasteiger charge is 2.05. The molecule has 0 saturated carbocycles. The van der Waals surface area contributed by atoms with Gasteiger partial charge in [0.2, 0.25) is 5.91 Å². The summed E-state index contributed by atoms with van der Waals surface area (Å²) in [4.78, 5) is 22.6. The average molecular weight is 267 g/mol. The first-order valence-corrected chi connectivity index (χ1v) is 6.41. The van der Waals surface area contributed by atoms with Crippen molar-refractivity contribution < 1.29 is 14.0 Å². The highest BCUT2D eigenvalue weighted by Crippen LogP contribution is 1.97. The first-order chi connectivity index (χ1) is 9.09. The molecular formula is C13H21N3O3. The molecule has 3 N–H and O–H groups in total. The molecule has 19 heavy (non-hydrogen) atoms. The van der Waals surface area contributed by atoms with Crippen LogP contribution in [0.25, 0.3) is 0 Å². The van der Waals surface area contributed by atoms with Crippen molar-refractivity contribution in [1.82, 2.24) is 16.0 Å². The SMILES string of the molecule is CC(C)C(=O)NCCCNC(=O)NCc1ccco1. The second-order valence-electron chi connectivity index (χ2n) is 4.49. The number of amides is 3. The van der Waals surface area contributed by atoms with E-state index < -0.39 is 0 Å². The Balaban J connectivity index is 2.00. The lowest BCUT2D eigenvalue weighted by atomic mass is 10.2. The van der Waals surface area contributed by atoms with Crippen molar-refractivity contribution in [2.24, 2.45) is 5.92 Å². The van der Waals surface area contributed by atoms with E-state index in [0.29, 0.717) is 31.8 Å². The summed E-state index contributed by atoms with van der Waals surface area (Å²) in [5.41, 5.74) is 0. The Labute approximate surface area is 112 Å². The van der Waals surface area contributed by atoms with E-state index in [1.807, 2.05) is 13.8 Å². The first-order valence-electron chi connectivity index (χ1n) is 6.41. The molecule has 0 atom stereocenters. The minimum atomic E-state index is -0.244. The number of carbonyl (C=O) groups excluding carboxylic acids is 2. The minimum absolute atomic E-state index is 0.00967. The third-order valence-corrected chi connectivity index (χ3v) is 2.47. The molecule has 6 nitrogen and oxygen atoms in total. The summed E-state index contributed by atoms with van der Waals surface area (Å²) in [6.45, 7) is 5.13. The van der Waals surface area contributed by atoms with Gasteiger partial charge in [-0.1, -0.05) is 13.8 Å². The zero-order chi connectivity index (χ0) is 14.1. The van der Waals surface area contributed by atoms with Gasteiger partial charge in [-0.2, -0.15) is 0 Å². The van der Waals surface area contributed by atoms with Crippen molar-refractivity contribution in [3.63, 3.8) is 0 Å². The van der Waals surface area contributed by atoms with Crippen LogP contribution in [0.1, 0.15) is 26.0 Å². The summed E-state index contributed by atoms with van der Waals surface area (Å²) in [6.07, 6.45) is 2.26. The van der Waals surface area contributed by atoms with E-state index >= 15 is 0 Å². The van der Waals surface area contributed by atoms with Crippen molar-refractivity contribution in [3.8, 4) is 0 Å². The van der Waals surface area contributed by atoms with E-state index in [1.54, 1.807) is 18.4 Å².